The molecule has 2 saturated heterocycles. The first-order valence-corrected chi connectivity index (χ1v) is 13.6. The Hall–Kier alpha value is -4.01. The molecule has 0 aliphatic carbocycles. The molecule has 3 rings (SSSR count). The maximum absolute atomic E-state index is 13.1. The molecule has 1 aromatic heterocycles. The predicted molar refractivity (Wildman–Crippen MR) is 143 cm³/mol. The minimum Gasteiger partial charge on any atom is -0.509 e. The Morgan fingerprint density at radius 1 is 1.48 bits per heavy atom. The third-order valence-corrected chi connectivity index (χ3v) is 7.15. The van der Waals surface area contributed by atoms with Gasteiger partial charge in [0.1, 0.15) is 23.6 Å². The summed E-state index contributed by atoms with van der Waals surface area (Å²) in [7, 11) is -3.35. The molecule has 0 radical (unpaired) electrons. The van der Waals surface area contributed by atoms with E-state index in [9.17, 15) is 32.5 Å². The average molecular weight is 606 g/mol. The number of cyclic esters (lactones) is 1. The van der Waals surface area contributed by atoms with Crippen molar-refractivity contribution in [3.8, 4) is 0 Å². The van der Waals surface area contributed by atoms with Crippen LogP contribution in [0, 0.1) is 5.41 Å². The molecule has 3 atom stereocenters. The number of ether oxygens (including phenoxy) is 1. The molecule has 2 aliphatic heterocycles. The van der Waals surface area contributed by atoms with E-state index in [0.717, 1.165) is 22.6 Å². The number of oxime groups is 1. The van der Waals surface area contributed by atoms with Crippen molar-refractivity contribution >= 4 is 56.7 Å². The number of carbonyl (C=O) groups excluding carboxylic acids is 3. The fourth-order valence-corrected chi connectivity index (χ4v) is 4.87. The lowest BCUT2D eigenvalue weighted by Gasteiger charge is -2.45. The Kier molecular flexibility index (Phi) is 10.4. The number of aromatic nitrogens is 1. The number of thiazole rings is 1. The lowest BCUT2D eigenvalue weighted by atomic mass is 9.97. The van der Waals surface area contributed by atoms with Gasteiger partial charge in [-0.05, 0) is 20.9 Å². The van der Waals surface area contributed by atoms with Crippen molar-refractivity contribution in [1.29, 1.82) is 5.41 Å². The summed E-state index contributed by atoms with van der Waals surface area (Å²) in [6, 6.07) is -2.81. The van der Waals surface area contributed by atoms with Gasteiger partial charge < -0.3 is 41.7 Å². The fourth-order valence-electron chi connectivity index (χ4n) is 3.45. The first-order chi connectivity index (χ1) is 18.6. The fraction of sp³-hybridized carbons (Fsp3) is 0.500. The number of nitrogens with zero attached hydrogens (tertiary/aromatic N) is 4. The SMILES string of the molecule is C=C(O)C(C)(C)O/N=C(\C(=O)NC1C(=O)N(S(=O)(=O)O)C1CN1CC(CNC)OC1=O)c1csc(N)n1.N=CN. The molecule has 20 heteroatoms. The first kappa shape index (κ1) is 32.2. The smallest absolute Gasteiger partial charge is 0.410 e. The summed E-state index contributed by atoms with van der Waals surface area (Å²) in [6.45, 7) is 6.28. The molecule has 222 valence electrons. The number of β-lactam (4-membered cyclic amide) rings is 1. The molecule has 3 unspecified atom stereocenters. The van der Waals surface area contributed by atoms with Crippen molar-refractivity contribution in [2.75, 3.05) is 32.4 Å². The Morgan fingerprint density at radius 2 is 2.10 bits per heavy atom. The van der Waals surface area contributed by atoms with Crippen LogP contribution in [0.1, 0.15) is 19.5 Å². The van der Waals surface area contributed by atoms with Gasteiger partial charge in [-0.3, -0.25) is 19.6 Å². The molecule has 9 N–H and O–H groups in total. The van der Waals surface area contributed by atoms with E-state index in [4.69, 9.17) is 20.7 Å². The highest BCUT2D eigenvalue weighted by Crippen LogP contribution is 2.27. The summed E-state index contributed by atoms with van der Waals surface area (Å²) >= 11 is 0.992. The molecule has 3 heterocycles. The van der Waals surface area contributed by atoms with E-state index in [-0.39, 0.29) is 34.0 Å². The number of anilines is 1. The van der Waals surface area contributed by atoms with Gasteiger partial charge in [0, 0.05) is 18.5 Å². The first-order valence-electron chi connectivity index (χ1n) is 11.4. The van der Waals surface area contributed by atoms with Crippen LogP contribution in [0.4, 0.5) is 9.93 Å². The van der Waals surface area contributed by atoms with Gasteiger partial charge in [0.15, 0.2) is 16.4 Å². The van der Waals surface area contributed by atoms with Crippen molar-refractivity contribution < 1.29 is 42.0 Å². The van der Waals surface area contributed by atoms with Gasteiger partial charge in [-0.1, -0.05) is 11.7 Å². The standard InChI is InChI=1S/C19H27N7O9S2.CH4N2/c1-9(27)19(2,3)35-24-13(11-8-36-17(20)22-11)15(28)23-14-12(26(16(14)29)37(31,32)33)7-25-6-10(5-21-4)34-18(25)30;2-1-3/h8,10,12,14,21,27H,1,5-7H2,2-4H3,(H2,20,22)(H,23,28)(H,31,32,33);1H,(H3,2,3)/b24-13-;. The lowest BCUT2D eigenvalue weighted by Crippen LogP contribution is -2.74. The number of hydrogen-bond donors (Lipinski definition) is 7. The maximum atomic E-state index is 13.1. The summed E-state index contributed by atoms with van der Waals surface area (Å²) in [4.78, 5) is 48.4. The summed E-state index contributed by atoms with van der Waals surface area (Å²) in [5, 5.41) is 26.0. The van der Waals surface area contributed by atoms with Crippen LogP contribution < -0.4 is 22.1 Å². The maximum Gasteiger partial charge on any atom is 0.410 e. The zero-order valence-electron chi connectivity index (χ0n) is 21.7. The Labute approximate surface area is 233 Å². The normalized spacial score (nSPS) is 21.1. The minimum absolute atomic E-state index is 0.0210. The van der Waals surface area contributed by atoms with Crippen LogP contribution >= 0.6 is 11.3 Å². The van der Waals surface area contributed by atoms with E-state index in [2.05, 4.69) is 33.1 Å². The highest BCUT2D eigenvalue weighted by atomic mass is 32.2. The molecule has 0 bridgehead atoms. The highest BCUT2D eigenvalue weighted by molar-refractivity contribution is 7.84. The monoisotopic (exact) mass is 605 g/mol. The number of aliphatic hydroxyl groups is 1. The molecule has 2 aliphatic rings. The Morgan fingerprint density at radius 3 is 2.60 bits per heavy atom. The molecule has 0 saturated carbocycles. The van der Waals surface area contributed by atoms with Crippen LogP contribution in [0.15, 0.2) is 22.9 Å². The molecule has 0 aromatic carbocycles. The second-order valence-corrected chi connectivity index (χ2v) is 11.0. The zero-order chi connectivity index (χ0) is 30.4. The van der Waals surface area contributed by atoms with E-state index in [0.29, 0.717) is 6.54 Å². The molecular formula is C20H31N9O9S2. The van der Waals surface area contributed by atoms with Gasteiger partial charge in [0.2, 0.25) is 0 Å². The number of amides is 3. The number of nitrogens with one attached hydrogen (secondary N) is 3. The summed E-state index contributed by atoms with van der Waals surface area (Å²) in [6.07, 6.45) is -0.517. The quantitative estimate of drug-likeness (QED) is 0.0374. The molecule has 40 heavy (non-hydrogen) atoms. The van der Waals surface area contributed by atoms with Crippen LogP contribution in [0.2, 0.25) is 0 Å². The predicted octanol–water partition coefficient (Wildman–Crippen LogP) is -1.61. The van der Waals surface area contributed by atoms with Gasteiger partial charge in [-0.15, -0.1) is 11.3 Å². The van der Waals surface area contributed by atoms with Crippen LogP contribution in [-0.2, 0) is 29.5 Å². The number of nitrogen functional groups attached to an aromatic ring is 1. The third kappa shape index (κ3) is 7.55. The number of hydrogen-bond acceptors (Lipinski definition) is 14. The van der Waals surface area contributed by atoms with Crippen LogP contribution in [0.25, 0.3) is 0 Å². The third-order valence-electron chi connectivity index (χ3n) is 5.53. The summed E-state index contributed by atoms with van der Waals surface area (Å²) in [5.41, 5.74) is 8.18. The number of nitrogens with two attached hydrogens (primary N) is 2. The summed E-state index contributed by atoms with van der Waals surface area (Å²) < 4.78 is 38.5. The highest BCUT2D eigenvalue weighted by Gasteiger charge is 2.55. The van der Waals surface area contributed by atoms with Gasteiger partial charge in [-0.2, -0.15) is 8.42 Å². The molecule has 0 spiro atoms. The lowest BCUT2D eigenvalue weighted by molar-refractivity contribution is -0.145. The number of likely N-dealkylation sites (N-methyl/N-ethyl adjacent to an activating group) is 1. The number of aliphatic hydroxyl groups excluding tert-OH is 1. The van der Waals surface area contributed by atoms with E-state index >= 15 is 0 Å². The van der Waals surface area contributed by atoms with Gasteiger partial charge in [0.05, 0.1) is 18.9 Å². The number of carbonyl (C=O) groups is 3. The van der Waals surface area contributed by atoms with E-state index in [1.165, 1.54) is 19.2 Å². The Bertz CT molecular complexity index is 1280. The van der Waals surface area contributed by atoms with E-state index in [1.54, 1.807) is 7.05 Å². The van der Waals surface area contributed by atoms with Crippen LogP contribution in [-0.4, -0.2) is 113 Å². The van der Waals surface area contributed by atoms with Crippen molar-refractivity contribution in [2.45, 2.75) is 37.6 Å². The topological polar surface area (TPSA) is 276 Å². The van der Waals surface area contributed by atoms with E-state index < -0.39 is 57.7 Å². The van der Waals surface area contributed by atoms with Crippen LogP contribution in [0.3, 0.4) is 0 Å². The largest absolute Gasteiger partial charge is 0.509 e. The molecular weight excluding hydrogens is 574 g/mol. The Balaban J connectivity index is 0.00000178. The van der Waals surface area contributed by atoms with E-state index in [1.807, 2.05) is 0 Å². The van der Waals surface area contributed by atoms with Crippen molar-refractivity contribution in [2.24, 2.45) is 10.9 Å². The van der Waals surface area contributed by atoms with Crippen molar-refractivity contribution in [3.63, 3.8) is 0 Å². The zero-order valence-corrected chi connectivity index (χ0v) is 23.4. The molecule has 2 fully saturated rings. The second-order valence-electron chi connectivity index (χ2n) is 8.82. The van der Waals surface area contributed by atoms with Gasteiger partial charge >= 0.3 is 16.4 Å². The minimum atomic E-state index is -5.00. The number of rotatable bonds is 11. The van der Waals surface area contributed by atoms with Gasteiger partial charge in [-0.25, -0.2) is 14.1 Å². The summed E-state index contributed by atoms with van der Waals surface area (Å²) in [5.74, 6) is -2.52. The molecule has 1 aromatic rings. The van der Waals surface area contributed by atoms with Gasteiger partial charge in [0.25, 0.3) is 11.8 Å². The van der Waals surface area contributed by atoms with Crippen LogP contribution in [0.5, 0.6) is 0 Å². The second kappa shape index (κ2) is 12.9. The molecule has 3 amide bonds. The molecule has 18 nitrogen and oxygen atoms in total. The van der Waals surface area contributed by atoms with Crippen molar-refractivity contribution in [1.82, 2.24) is 24.8 Å². The average Bonchev–Trinajstić information content (AvgIpc) is 3.41. The van der Waals surface area contributed by atoms with Crippen molar-refractivity contribution in [3.05, 3.63) is 23.4 Å².